The predicted octanol–water partition coefficient (Wildman–Crippen LogP) is 2.58. The van der Waals surface area contributed by atoms with Crippen LogP contribution in [0, 0.1) is 5.82 Å². The van der Waals surface area contributed by atoms with E-state index in [2.05, 4.69) is 15.6 Å². The van der Waals surface area contributed by atoms with Gasteiger partial charge in [0, 0.05) is 13.1 Å². The Balaban J connectivity index is 1.93. The Hall–Kier alpha value is -2.43. The molecule has 0 atom stereocenters. The lowest BCUT2D eigenvalue weighted by atomic mass is 10.2. The molecular formula is C15H16FN3O. The smallest absolute Gasteiger partial charge is 0.269 e. The van der Waals surface area contributed by atoms with Crippen molar-refractivity contribution < 1.29 is 9.18 Å². The number of benzene rings is 1. The lowest BCUT2D eigenvalue weighted by Gasteiger charge is -2.07. The number of carbonyl (C=O) groups is 1. The molecule has 2 N–H and O–H groups in total. The molecule has 0 aliphatic rings. The van der Waals surface area contributed by atoms with Gasteiger partial charge in [0.15, 0.2) is 0 Å². The second-order valence-corrected chi connectivity index (χ2v) is 4.27. The first-order chi connectivity index (χ1) is 9.69. The van der Waals surface area contributed by atoms with E-state index in [9.17, 15) is 9.18 Å². The van der Waals surface area contributed by atoms with Crippen LogP contribution >= 0.6 is 0 Å². The minimum atomic E-state index is -0.248. The van der Waals surface area contributed by atoms with E-state index in [0.29, 0.717) is 18.8 Å². The largest absolute Gasteiger partial charge is 0.380 e. The van der Waals surface area contributed by atoms with Crippen molar-refractivity contribution >= 4 is 11.6 Å². The first-order valence-electron chi connectivity index (χ1n) is 6.41. The Labute approximate surface area is 117 Å². The molecule has 0 saturated carbocycles. The van der Waals surface area contributed by atoms with Gasteiger partial charge in [-0.1, -0.05) is 12.1 Å². The Morgan fingerprint density at radius 1 is 1.20 bits per heavy atom. The maximum Gasteiger partial charge on any atom is 0.269 e. The summed E-state index contributed by atoms with van der Waals surface area (Å²) in [6, 6.07) is 9.75. The first-order valence-corrected chi connectivity index (χ1v) is 6.41. The lowest BCUT2D eigenvalue weighted by molar-refractivity contribution is 0.0951. The van der Waals surface area contributed by atoms with Crippen molar-refractivity contribution in [3.63, 3.8) is 0 Å². The topological polar surface area (TPSA) is 54.0 Å². The number of anilines is 1. The Morgan fingerprint density at radius 3 is 2.55 bits per heavy atom. The third-order valence-corrected chi connectivity index (χ3v) is 2.74. The van der Waals surface area contributed by atoms with E-state index in [-0.39, 0.29) is 11.7 Å². The summed E-state index contributed by atoms with van der Waals surface area (Å²) in [5.74, 6) is -0.431. The molecule has 0 aliphatic heterocycles. The first kappa shape index (κ1) is 14.0. The van der Waals surface area contributed by atoms with Crippen molar-refractivity contribution in [2.24, 2.45) is 0 Å². The van der Waals surface area contributed by atoms with Gasteiger partial charge in [-0.25, -0.2) is 9.37 Å². The standard InChI is InChI=1S/C15H16FN3O/c1-2-17-15(20)14-8-7-13(10-19-14)18-9-11-3-5-12(16)6-4-11/h3-8,10,18H,2,9H2,1H3,(H,17,20). The Morgan fingerprint density at radius 2 is 1.95 bits per heavy atom. The molecule has 2 rings (SSSR count). The van der Waals surface area contributed by atoms with Crippen LogP contribution in [0.4, 0.5) is 10.1 Å². The summed E-state index contributed by atoms with van der Waals surface area (Å²) in [6.45, 7) is 3.00. The molecule has 0 aliphatic carbocycles. The maximum absolute atomic E-state index is 12.8. The molecule has 5 heteroatoms. The minimum Gasteiger partial charge on any atom is -0.380 e. The van der Waals surface area contributed by atoms with E-state index in [1.165, 1.54) is 12.1 Å². The van der Waals surface area contributed by atoms with Gasteiger partial charge in [0.2, 0.25) is 0 Å². The fraction of sp³-hybridized carbons (Fsp3) is 0.200. The number of amides is 1. The fourth-order valence-corrected chi connectivity index (χ4v) is 1.69. The molecule has 0 bridgehead atoms. The molecule has 104 valence electrons. The molecule has 1 aromatic heterocycles. The van der Waals surface area contributed by atoms with Gasteiger partial charge >= 0.3 is 0 Å². The molecule has 1 aromatic carbocycles. The monoisotopic (exact) mass is 273 g/mol. The average molecular weight is 273 g/mol. The van der Waals surface area contributed by atoms with Crippen molar-refractivity contribution in [3.8, 4) is 0 Å². The highest BCUT2D eigenvalue weighted by Crippen LogP contribution is 2.09. The number of carbonyl (C=O) groups excluding carboxylic acids is 1. The number of halogens is 1. The van der Waals surface area contributed by atoms with Crippen LogP contribution in [0.2, 0.25) is 0 Å². The summed E-state index contributed by atoms with van der Waals surface area (Å²) >= 11 is 0. The number of rotatable bonds is 5. The van der Waals surface area contributed by atoms with Gasteiger partial charge in [0.1, 0.15) is 11.5 Å². The van der Waals surface area contributed by atoms with Gasteiger partial charge < -0.3 is 10.6 Å². The van der Waals surface area contributed by atoms with Crippen LogP contribution in [-0.4, -0.2) is 17.4 Å². The van der Waals surface area contributed by atoms with Crippen LogP contribution < -0.4 is 10.6 Å². The third kappa shape index (κ3) is 3.78. The van der Waals surface area contributed by atoms with Gasteiger partial charge in [-0.3, -0.25) is 4.79 Å². The van der Waals surface area contributed by atoms with E-state index in [1.807, 2.05) is 6.92 Å². The van der Waals surface area contributed by atoms with Crippen molar-refractivity contribution in [1.29, 1.82) is 0 Å². The second kappa shape index (κ2) is 6.65. The Bertz CT molecular complexity index is 567. The summed E-state index contributed by atoms with van der Waals surface area (Å²) in [5.41, 5.74) is 2.17. The SMILES string of the molecule is CCNC(=O)c1ccc(NCc2ccc(F)cc2)cn1. The number of hydrogen-bond donors (Lipinski definition) is 2. The average Bonchev–Trinajstić information content (AvgIpc) is 2.47. The van der Waals surface area contributed by atoms with E-state index in [0.717, 1.165) is 11.3 Å². The van der Waals surface area contributed by atoms with Gasteiger partial charge in [0.25, 0.3) is 5.91 Å². The number of aromatic nitrogens is 1. The zero-order chi connectivity index (χ0) is 14.4. The number of hydrogen-bond acceptors (Lipinski definition) is 3. The van der Waals surface area contributed by atoms with Gasteiger partial charge in [-0.2, -0.15) is 0 Å². The molecular weight excluding hydrogens is 257 g/mol. The highest BCUT2D eigenvalue weighted by molar-refractivity contribution is 5.92. The molecule has 2 aromatic rings. The molecule has 0 radical (unpaired) electrons. The predicted molar refractivity (Wildman–Crippen MR) is 76.0 cm³/mol. The zero-order valence-electron chi connectivity index (χ0n) is 11.2. The Kier molecular flexibility index (Phi) is 4.65. The van der Waals surface area contributed by atoms with E-state index in [4.69, 9.17) is 0 Å². The van der Waals surface area contributed by atoms with Crippen LogP contribution in [0.1, 0.15) is 23.0 Å². The minimum absolute atomic E-state index is 0.183. The quantitative estimate of drug-likeness (QED) is 0.880. The van der Waals surface area contributed by atoms with E-state index in [1.54, 1.807) is 30.5 Å². The molecule has 4 nitrogen and oxygen atoms in total. The third-order valence-electron chi connectivity index (χ3n) is 2.74. The summed E-state index contributed by atoms with van der Waals surface area (Å²) in [6.07, 6.45) is 1.61. The van der Waals surface area contributed by atoms with Crippen LogP contribution in [-0.2, 0) is 6.54 Å². The number of nitrogens with one attached hydrogen (secondary N) is 2. The second-order valence-electron chi connectivity index (χ2n) is 4.27. The van der Waals surface area contributed by atoms with Crippen LogP contribution in [0.3, 0.4) is 0 Å². The van der Waals surface area contributed by atoms with E-state index >= 15 is 0 Å². The highest BCUT2D eigenvalue weighted by Gasteiger charge is 2.04. The molecule has 20 heavy (non-hydrogen) atoms. The van der Waals surface area contributed by atoms with Gasteiger partial charge in [-0.15, -0.1) is 0 Å². The van der Waals surface area contributed by atoms with E-state index < -0.39 is 0 Å². The van der Waals surface area contributed by atoms with Crippen molar-refractivity contribution in [2.45, 2.75) is 13.5 Å². The molecule has 0 spiro atoms. The van der Waals surface area contributed by atoms with Gasteiger partial charge in [0.05, 0.1) is 11.9 Å². The fourth-order valence-electron chi connectivity index (χ4n) is 1.69. The van der Waals surface area contributed by atoms with Crippen molar-refractivity contribution in [3.05, 3.63) is 59.7 Å². The normalized spacial score (nSPS) is 10.1. The molecule has 0 saturated heterocycles. The zero-order valence-corrected chi connectivity index (χ0v) is 11.2. The summed E-state index contributed by atoms with van der Waals surface area (Å²) in [7, 11) is 0. The maximum atomic E-state index is 12.8. The summed E-state index contributed by atoms with van der Waals surface area (Å²) in [4.78, 5) is 15.6. The van der Waals surface area contributed by atoms with Crippen molar-refractivity contribution in [2.75, 3.05) is 11.9 Å². The van der Waals surface area contributed by atoms with Crippen LogP contribution in [0.15, 0.2) is 42.6 Å². The van der Waals surface area contributed by atoms with Gasteiger partial charge in [-0.05, 0) is 36.8 Å². The number of nitrogens with zero attached hydrogens (tertiary/aromatic N) is 1. The molecule has 0 fully saturated rings. The van der Waals surface area contributed by atoms with Crippen LogP contribution in [0.25, 0.3) is 0 Å². The van der Waals surface area contributed by atoms with Crippen molar-refractivity contribution in [1.82, 2.24) is 10.3 Å². The lowest BCUT2D eigenvalue weighted by Crippen LogP contribution is -2.23. The van der Waals surface area contributed by atoms with Crippen LogP contribution in [0.5, 0.6) is 0 Å². The molecule has 0 unspecified atom stereocenters. The highest BCUT2D eigenvalue weighted by atomic mass is 19.1. The molecule has 1 heterocycles. The number of pyridine rings is 1. The summed E-state index contributed by atoms with van der Waals surface area (Å²) in [5, 5.41) is 5.85. The molecule has 1 amide bonds. The summed E-state index contributed by atoms with van der Waals surface area (Å²) < 4.78 is 12.8.